The highest BCUT2D eigenvalue weighted by Gasteiger charge is 2.18. The Morgan fingerprint density at radius 3 is 1.38 bits per heavy atom. The van der Waals surface area contributed by atoms with Crippen molar-refractivity contribution in [3.05, 3.63) is 138 Å². The maximum atomic E-state index is 13.2. The van der Waals surface area contributed by atoms with Crippen molar-refractivity contribution in [2.24, 2.45) is 11.8 Å². The van der Waals surface area contributed by atoms with Crippen molar-refractivity contribution < 1.29 is 52.4 Å². The van der Waals surface area contributed by atoms with Crippen molar-refractivity contribution in [3.63, 3.8) is 0 Å². The maximum Gasteiger partial charge on any atom is 0.343 e. The van der Waals surface area contributed by atoms with E-state index in [0.717, 1.165) is 48.6 Å². The molecule has 5 aromatic carbocycles. The summed E-state index contributed by atoms with van der Waals surface area (Å²) in [5.74, 6) is -0.356. The average molecular weight is 967 g/mol. The number of rotatable bonds is 29. The van der Waals surface area contributed by atoms with Crippen LogP contribution in [0.15, 0.2) is 120 Å². The number of unbranched alkanes of at least 4 members (excludes halogenated alkanes) is 9. The molecule has 1 N–H and O–H groups in total. The van der Waals surface area contributed by atoms with E-state index in [1.807, 2.05) is 24.3 Å². The number of hydrogen-bond donors (Lipinski definition) is 1. The number of ether oxygens (including phenoxy) is 5. The number of carboxylic acids is 1. The Bertz CT molecular complexity index is 2600. The first-order valence-corrected chi connectivity index (χ1v) is 25.0. The van der Waals surface area contributed by atoms with Crippen molar-refractivity contribution in [1.29, 1.82) is 0 Å². The second kappa shape index (κ2) is 27.8. The lowest BCUT2D eigenvalue weighted by molar-refractivity contribution is 0.0679. The lowest BCUT2D eigenvalue weighted by Gasteiger charge is -2.13. The Balaban J connectivity index is 0.951. The molecule has 0 saturated heterocycles. The molecule has 0 aliphatic rings. The molecule has 1 atom stereocenters. The molecule has 13 heteroatoms. The summed E-state index contributed by atoms with van der Waals surface area (Å²) in [6.45, 7) is 10.3. The number of esters is 3. The van der Waals surface area contributed by atoms with Gasteiger partial charge in [0.25, 0.3) is 0 Å². The van der Waals surface area contributed by atoms with Crippen LogP contribution < -0.4 is 23.7 Å². The zero-order valence-electron chi connectivity index (χ0n) is 41.4. The lowest BCUT2D eigenvalue weighted by Crippen LogP contribution is -2.12. The van der Waals surface area contributed by atoms with E-state index in [0.29, 0.717) is 41.9 Å². The highest BCUT2D eigenvalue weighted by Crippen LogP contribution is 2.29. The van der Waals surface area contributed by atoms with E-state index in [9.17, 15) is 24.3 Å². The molecule has 0 aliphatic carbocycles. The van der Waals surface area contributed by atoms with Crippen LogP contribution in [-0.4, -0.2) is 52.4 Å². The number of aromatic nitrogens is 2. The monoisotopic (exact) mass is 966 g/mol. The van der Waals surface area contributed by atoms with Crippen molar-refractivity contribution in [3.8, 4) is 51.7 Å². The quantitative estimate of drug-likeness (QED) is 0.0267. The largest absolute Gasteiger partial charge is 0.494 e. The Morgan fingerprint density at radius 1 is 0.465 bits per heavy atom. The van der Waals surface area contributed by atoms with Crippen LogP contribution in [0.5, 0.6) is 28.7 Å². The van der Waals surface area contributed by atoms with Crippen LogP contribution in [0, 0.1) is 11.8 Å². The van der Waals surface area contributed by atoms with Gasteiger partial charge in [-0.05, 0) is 134 Å². The molecule has 13 nitrogen and oxygen atoms in total. The lowest BCUT2D eigenvalue weighted by atomic mass is 9.98. The van der Waals surface area contributed by atoms with Crippen LogP contribution in [0.25, 0.3) is 22.9 Å². The van der Waals surface area contributed by atoms with Gasteiger partial charge in [0.05, 0.1) is 35.5 Å². The minimum absolute atomic E-state index is 0.0903. The number of carbonyl (C=O) groups excluding carboxylic acids is 3. The van der Waals surface area contributed by atoms with Gasteiger partial charge in [-0.25, -0.2) is 19.2 Å². The van der Waals surface area contributed by atoms with E-state index in [-0.39, 0.29) is 39.8 Å². The molecule has 6 aromatic rings. The van der Waals surface area contributed by atoms with Crippen LogP contribution in [-0.2, 0) is 0 Å². The Labute approximate surface area is 416 Å². The third kappa shape index (κ3) is 17.6. The van der Waals surface area contributed by atoms with Crippen molar-refractivity contribution >= 4 is 23.9 Å². The molecule has 6 rings (SSSR count). The number of carboxylic acid groups (broad SMARTS) is 1. The van der Waals surface area contributed by atoms with E-state index in [2.05, 4.69) is 37.9 Å². The minimum Gasteiger partial charge on any atom is -0.494 e. The first-order valence-electron chi connectivity index (χ1n) is 25.0. The van der Waals surface area contributed by atoms with Crippen LogP contribution in [0.3, 0.4) is 0 Å². The van der Waals surface area contributed by atoms with E-state index in [1.54, 1.807) is 36.4 Å². The second-order valence-corrected chi connectivity index (χ2v) is 18.3. The molecule has 0 spiro atoms. The predicted molar refractivity (Wildman–Crippen MR) is 272 cm³/mol. The van der Waals surface area contributed by atoms with Gasteiger partial charge in [0.15, 0.2) is 0 Å². The van der Waals surface area contributed by atoms with Crippen molar-refractivity contribution in [2.45, 2.75) is 118 Å². The molecule has 0 amide bonds. The van der Waals surface area contributed by atoms with Gasteiger partial charge in [0.1, 0.15) is 28.7 Å². The third-order valence-corrected chi connectivity index (χ3v) is 12.0. The molecule has 0 fully saturated rings. The molecule has 0 unspecified atom stereocenters. The SMILES string of the molecule is CCCCCCCCCCCCOc1ccc(C(=O)Oc2ccc(C(=O)Oc3cc(OC(=O)c4ccc(-c5nnc(-c6ccc(OCC[C@@H](C)CCCC(C)C)cc6)o5)cc4)cc(C(=O)O)c3)cc2)cc1. The Kier molecular flexibility index (Phi) is 20.8. The molecular formula is C58H66N2O11. The number of carbonyl (C=O) groups is 4. The normalized spacial score (nSPS) is 11.5. The molecule has 1 aromatic heterocycles. The maximum absolute atomic E-state index is 13.2. The molecule has 1 heterocycles. The molecule has 0 saturated carbocycles. The standard InChI is InChI=1S/C58H66N2O11/c1-5-6-7-8-9-10-11-12-13-14-35-66-48-30-24-45(25-31-48)56(63)68-50-32-26-46(27-33-50)58(65)70-52-38-47(55(61)62)37-51(39-52)69-57(64)44-20-18-42(19-21-44)53-59-60-54(71-53)43-22-28-49(29-23-43)67-36-34-41(4)17-15-16-40(2)3/h18-33,37-41H,5-17,34-36H2,1-4H3,(H,61,62)/t41-/m0/s1. The Hall–Kier alpha value is -7.28. The molecule has 0 bridgehead atoms. The van der Waals surface area contributed by atoms with Gasteiger partial charge in [-0.3, -0.25) is 0 Å². The molecule has 0 aliphatic heterocycles. The summed E-state index contributed by atoms with van der Waals surface area (Å²) in [5, 5.41) is 18.2. The first-order chi connectivity index (χ1) is 34.4. The molecule has 0 radical (unpaired) electrons. The fraction of sp³-hybridized carbons (Fsp3) is 0.379. The van der Waals surface area contributed by atoms with E-state index in [4.69, 9.17) is 28.1 Å². The first kappa shape index (κ1) is 53.1. The summed E-state index contributed by atoms with van der Waals surface area (Å²) in [6, 6.07) is 29.7. The van der Waals surface area contributed by atoms with Gasteiger partial charge >= 0.3 is 23.9 Å². The molecular weight excluding hydrogens is 901 g/mol. The van der Waals surface area contributed by atoms with Crippen LogP contribution >= 0.6 is 0 Å². The summed E-state index contributed by atoms with van der Waals surface area (Å²) in [4.78, 5) is 51.2. The van der Waals surface area contributed by atoms with Gasteiger partial charge in [0.2, 0.25) is 11.8 Å². The van der Waals surface area contributed by atoms with Crippen LogP contribution in [0.1, 0.15) is 159 Å². The van der Waals surface area contributed by atoms with Crippen LogP contribution in [0.2, 0.25) is 0 Å². The minimum atomic E-state index is -1.33. The number of benzene rings is 5. The van der Waals surface area contributed by atoms with E-state index in [1.165, 1.54) is 113 Å². The van der Waals surface area contributed by atoms with E-state index >= 15 is 0 Å². The van der Waals surface area contributed by atoms with Crippen molar-refractivity contribution in [2.75, 3.05) is 13.2 Å². The summed E-state index contributed by atoms with van der Waals surface area (Å²) in [6.07, 6.45) is 17.2. The van der Waals surface area contributed by atoms with Gasteiger partial charge < -0.3 is 33.2 Å². The Morgan fingerprint density at radius 2 is 0.887 bits per heavy atom. The fourth-order valence-electron chi connectivity index (χ4n) is 7.73. The fourth-order valence-corrected chi connectivity index (χ4v) is 7.73. The smallest absolute Gasteiger partial charge is 0.343 e. The van der Waals surface area contributed by atoms with E-state index < -0.39 is 23.9 Å². The van der Waals surface area contributed by atoms with Gasteiger partial charge in [0, 0.05) is 17.2 Å². The summed E-state index contributed by atoms with van der Waals surface area (Å²) in [5.41, 5.74) is 1.57. The van der Waals surface area contributed by atoms with Gasteiger partial charge in [-0.1, -0.05) is 105 Å². The third-order valence-electron chi connectivity index (χ3n) is 12.0. The molecule has 374 valence electrons. The topological polar surface area (TPSA) is 174 Å². The zero-order valence-corrected chi connectivity index (χ0v) is 41.4. The zero-order chi connectivity index (χ0) is 50.4. The van der Waals surface area contributed by atoms with Gasteiger partial charge in [-0.2, -0.15) is 0 Å². The summed E-state index contributed by atoms with van der Waals surface area (Å²) < 4.78 is 34.3. The number of nitrogens with zero attached hydrogens (tertiary/aromatic N) is 2. The highest BCUT2D eigenvalue weighted by molar-refractivity contribution is 5.95. The van der Waals surface area contributed by atoms with Crippen LogP contribution in [0.4, 0.5) is 0 Å². The number of aromatic carboxylic acids is 1. The second-order valence-electron chi connectivity index (χ2n) is 18.3. The predicted octanol–water partition coefficient (Wildman–Crippen LogP) is 14.3. The average Bonchev–Trinajstić information content (AvgIpc) is 3.87. The highest BCUT2D eigenvalue weighted by atomic mass is 16.5. The number of hydrogen-bond acceptors (Lipinski definition) is 12. The summed E-state index contributed by atoms with van der Waals surface area (Å²) in [7, 11) is 0. The summed E-state index contributed by atoms with van der Waals surface area (Å²) >= 11 is 0. The molecule has 71 heavy (non-hydrogen) atoms. The van der Waals surface area contributed by atoms with Gasteiger partial charge in [-0.15, -0.1) is 10.2 Å². The van der Waals surface area contributed by atoms with Crippen molar-refractivity contribution in [1.82, 2.24) is 10.2 Å².